The number of thioether (sulfide) groups is 1. The molecule has 0 unspecified atom stereocenters. The van der Waals surface area contributed by atoms with Crippen LogP contribution in [0.3, 0.4) is 0 Å². The second-order valence-electron chi connectivity index (χ2n) is 5.76. The van der Waals surface area contributed by atoms with E-state index in [4.69, 9.17) is 9.47 Å². The Hall–Kier alpha value is -2.21. The minimum atomic E-state index is -0.798. The number of ether oxygens (including phenoxy) is 2. The lowest BCUT2D eigenvalue weighted by atomic mass is 10.1. The molecule has 6 heteroatoms. The summed E-state index contributed by atoms with van der Waals surface area (Å²) in [5, 5.41) is 4.06. The lowest BCUT2D eigenvalue weighted by molar-refractivity contribution is -0.144. The fourth-order valence-corrected chi connectivity index (χ4v) is 2.96. The first-order valence-electron chi connectivity index (χ1n) is 7.53. The van der Waals surface area contributed by atoms with Crippen molar-refractivity contribution in [1.82, 2.24) is 4.98 Å². The highest BCUT2D eigenvalue weighted by atomic mass is 32.2. The number of esters is 1. The summed E-state index contributed by atoms with van der Waals surface area (Å²) in [5.41, 5.74) is 1.22. The van der Waals surface area contributed by atoms with E-state index in [2.05, 4.69) is 10.3 Å². The molecule has 1 aromatic heterocycles. The SMILES string of the molecule is COC(=O)C(C)(C)Nc1ccnc(SCc2ccc(OC)cc2)c1. The highest BCUT2D eigenvalue weighted by Crippen LogP contribution is 2.25. The fraction of sp³-hybridized carbons (Fsp3) is 0.333. The lowest BCUT2D eigenvalue weighted by Gasteiger charge is -2.24. The van der Waals surface area contributed by atoms with Crippen molar-refractivity contribution in [2.45, 2.75) is 30.2 Å². The highest BCUT2D eigenvalue weighted by molar-refractivity contribution is 7.98. The van der Waals surface area contributed by atoms with Crippen LogP contribution in [0.5, 0.6) is 5.75 Å². The largest absolute Gasteiger partial charge is 0.497 e. The van der Waals surface area contributed by atoms with E-state index in [1.807, 2.05) is 36.4 Å². The van der Waals surface area contributed by atoms with Crippen LogP contribution in [0.4, 0.5) is 5.69 Å². The number of carbonyl (C=O) groups excluding carboxylic acids is 1. The van der Waals surface area contributed by atoms with Gasteiger partial charge in [-0.2, -0.15) is 0 Å². The molecule has 0 aliphatic carbocycles. The molecule has 0 radical (unpaired) electrons. The van der Waals surface area contributed by atoms with Crippen molar-refractivity contribution in [3.8, 4) is 5.75 Å². The van der Waals surface area contributed by atoms with E-state index in [9.17, 15) is 4.79 Å². The maximum absolute atomic E-state index is 11.8. The van der Waals surface area contributed by atoms with Gasteiger partial charge in [-0.25, -0.2) is 9.78 Å². The molecular weight excluding hydrogens is 324 g/mol. The van der Waals surface area contributed by atoms with Gasteiger partial charge in [-0.1, -0.05) is 12.1 Å². The van der Waals surface area contributed by atoms with Crippen molar-refractivity contribution in [2.24, 2.45) is 0 Å². The van der Waals surface area contributed by atoms with Gasteiger partial charge < -0.3 is 14.8 Å². The van der Waals surface area contributed by atoms with Gasteiger partial charge in [0.2, 0.25) is 0 Å². The van der Waals surface area contributed by atoms with E-state index < -0.39 is 5.54 Å². The lowest BCUT2D eigenvalue weighted by Crippen LogP contribution is -2.41. The normalized spacial score (nSPS) is 11.0. The summed E-state index contributed by atoms with van der Waals surface area (Å²) in [6.45, 7) is 3.56. The van der Waals surface area contributed by atoms with E-state index in [0.717, 1.165) is 22.2 Å². The molecule has 0 spiro atoms. The highest BCUT2D eigenvalue weighted by Gasteiger charge is 2.28. The maximum atomic E-state index is 11.8. The fourth-order valence-electron chi connectivity index (χ4n) is 2.11. The second-order valence-corrected chi connectivity index (χ2v) is 6.76. The Morgan fingerprint density at radius 2 is 1.92 bits per heavy atom. The molecule has 2 aromatic rings. The van der Waals surface area contributed by atoms with Gasteiger partial charge in [-0.05, 0) is 43.7 Å². The predicted octanol–water partition coefficient (Wildman–Crippen LogP) is 3.75. The summed E-state index contributed by atoms with van der Waals surface area (Å²) in [4.78, 5) is 16.1. The van der Waals surface area contributed by atoms with Crippen molar-refractivity contribution in [3.63, 3.8) is 0 Å². The van der Waals surface area contributed by atoms with Crippen LogP contribution in [0.15, 0.2) is 47.6 Å². The summed E-state index contributed by atoms with van der Waals surface area (Å²) < 4.78 is 9.97. The molecule has 5 nitrogen and oxygen atoms in total. The molecule has 0 aliphatic rings. The summed E-state index contributed by atoms with van der Waals surface area (Å²) in [6, 6.07) is 11.7. The predicted molar refractivity (Wildman–Crippen MR) is 96.5 cm³/mol. The monoisotopic (exact) mass is 346 g/mol. The average Bonchev–Trinajstić information content (AvgIpc) is 2.59. The van der Waals surface area contributed by atoms with E-state index >= 15 is 0 Å². The minimum Gasteiger partial charge on any atom is -0.497 e. The number of anilines is 1. The molecule has 0 atom stereocenters. The second kappa shape index (κ2) is 8.06. The Balaban J connectivity index is 2.00. The zero-order valence-electron chi connectivity index (χ0n) is 14.3. The van der Waals surface area contributed by atoms with Crippen LogP contribution >= 0.6 is 11.8 Å². The summed E-state index contributed by atoms with van der Waals surface area (Å²) >= 11 is 1.63. The van der Waals surface area contributed by atoms with Crippen LogP contribution in [0.1, 0.15) is 19.4 Å². The van der Waals surface area contributed by atoms with Crippen LogP contribution in [0, 0.1) is 0 Å². The van der Waals surface area contributed by atoms with E-state index in [-0.39, 0.29) is 5.97 Å². The number of pyridine rings is 1. The quantitative estimate of drug-likeness (QED) is 0.609. The molecule has 2 rings (SSSR count). The first-order chi connectivity index (χ1) is 11.4. The molecular formula is C18H22N2O3S. The van der Waals surface area contributed by atoms with Gasteiger partial charge in [-0.3, -0.25) is 0 Å². The standard InChI is InChI=1S/C18H22N2O3S/c1-18(2,17(21)23-4)20-14-9-10-19-16(11-14)24-12-13-5-7-15(22-3)8-6-13/h5-11H,12H2,1-4H3,(H,19,20). The van der Waals surface area contributed by atoms with Crippen molar-refractivity contribution in [1.29, 1.82) is 0 Å². The smallest absolute Gasteiger partial charge is 0.330 e. The zero-order valence-corrected chi connectivity index (χ0v) is 15.1. The Morgan fingerprint density at radius 1 is 1.21 bits per heavy atom. The van der Waals surface area contributed by atoms with Gasteiger partial charge in [0.15, 0.2) is 0 Å². The van der Waals surface area contributed by atoms with Crippen LogP contribution < -0.4 is 10.1 Å². The number of nitrogens with one attached hydrogen (secondary N) is 1. The summed E-state index contributed by atoms with van der Waals surface area (Å²) in [5.74, 6) is 1.34. The first-order valence-corrected chi connectivity index (χ1v) is 8.51. The van der Waals surface area contributed by atoms with E-state index in [0.29, 0.717) is 0 Å². The third-order valence-electron chi connectivity index (χ3n) is 3.43. The van der Waals surface area contributed by atoms with E-state index in [1.54, 1.807) is 38.9 Å². The maximum Gasteiger partial charge on any atom is 0.330 e. The van der Waals surface area contributed by atoms with Gasteiger partial charge in [0.25, 0.3) is 0 Å². The van der Waals surface area contributed by atoms with Crippen LogP contribution in [0.25, 0.3) is 0 Å². The third-order valence-corrected chi connectivity index (χ3v) is 4.43. The Morgan fingerprint density at radius 3 is 2.54 bits per heavy atom. The Bertz CT molecular complexity index is 687. The number of aromatic nitrogens is 1. The molecule has 0 bridgehead atoms. The molecule has 1 heterocycles. The minimum absolute atomic E-state index is 0.313. The summed E-state index contributed by atoms with van der Waals surface area (Å²) in [6.07, 6.45) is 1.73. The first kappa shape index (κ1) is 18.1. The van der Waals surface area contributed by atoms with Crippen molar-refractivity contribution in [2.75, 3.05) is 19.5 Å². The van der Waals surface area contributed by atoms with Crippen molar-refractivity contribution >= 4 is 23.4 Å². The molecule has 0 amide bonds. The molecule has 0 saturated carbocycles. The number of nitrogens with zero attached hydrogens (tertiary/aromatic N) is 1. The average molecular weight is 346 g/mol. The number of rotatable bonds is 7. The number of hydrogen-bond acceptors (Lipinski definition) is 6. The van der Waals surface area contributed by atoms with Gasteiger partial charge in [0.05, 0.1) is 19.2 Å². The number of hydrogen-bond donors (Lipinski definition) is 1. The van der Waals surface area contributed by atoms with Crippen molar-refractivity contribution in [3.05, 3.63) is 48.2 Å². The summed E-state index contributed by atoms with van der Waals surface area (Å²) in [7, 11) is 3.04. The topological polar surface area (TPSA) is 60.5 Å². The molecule has 0 fully saturated rings. The molecule has 0 aliphatic heterocycles. The third kappa shape index (κ3) is 4.89. The zero-order chi connectivity index (χ0) is 17.6. The van der Waals surface area contributed by atoms with Gasteiger partial charge in [0, 0.05) is 17.6 Å². The Labute approximate surface area is 146 Å². The van der Waals surface area contributed by atoms with E-state index in [1.165, 1.54) is 12.7 Å². The molecule has 1 N–H and O–H groups in total. The number of benzene rings is 1. The molecule has 24 heavy (non-hydrogen) atoms. The molecule has 1 aromatic carbocycles. The molecule has 0 saturated heterocycles. The Kier molecular flexibility index (Phi) is 6.09. The van der Waals surface area contributed by atoms with Gasteiger partial charge in [-0.15, -0.1) is 11.8 Å². The van der Waals surface area contributed by atoms with Crippen molar-refractivity contribution < 1.29 is 14.3 Å². The van der Waals surface area contributed by atoms with Crippen LogP contribution in [-0.4, -0.2) is 30.7 Å². The van der Waals surface area contributed by atoms with Gasteiger partial charge in [0.1, 0.15) is 11.3 Å². The van der Waals surface area contributed by atoms with Gasteiger partial charge >= 0.3 is 5.97 Å². The number of carbonyl (C=O) groups is 1. The van der Waals surface area contributed by atoms with Crippen LogP contribution in [0.2, 0.25) is 0 Å². The van der Waals surface area contributed by atoms with Crippen LogP contribution in [-0.2, 0) is 15.3 Å². The molecule has 128 valence electrons. The number of methoxy groups -OCH3 is 2.